The molecular weight excluding hydrogens is 318 g/mol. The Morgan fingerprint density at radius 1 is 1.22 bits per heavy atom. The van der Waals surface area contributed by atoms with E-state index in [1.54, 1.807) is 10.7 Å². The Hall–Kier alpha value is -2.28. The lowest BCUT2D eigenvalue weighted by atomic mass is 10.1. The fourth-order valence-electron chi connectivity index (χ4n) is 2.64. The van der Waals surface area contributed by atoms with Crippen molar-refractivity contribution in [2.75, 3.05) is 5.23 Å². The highest BCUT2D eigenvalue weighted by Crippen LogP contribution is 2.19. The van der Waals surface area contributed by atoms with Crippen LogP contribution >= 0.6 is 11.6 Å². The molecule has 0 aliphatic heterocycles. The van der Waals surface area contributed by atoms with Crippen LogP contribution in [0.2, 0.25) is 0 Å². The molecule has 0 atom stereocenters. The summed E-state index contributed by atoms with van der Waals surface area (Å²) in [7, 11) is 0. The van der Waals surface area contributed by atoms with Gasteiger partial charge < -0.3 is 10.4 Å². The Morgan fingerprint density at radius 3 is 2.65 bits per heavy atom. The minimum atomic E-state index is -0.297. The Bertz CT molecular complexity index is 886. The number of nitrogens with one attached hydrogen (secondary N) is 1. The molecule has 23 heavy (non-hydrogen) atoms. The van der Waals surface area contributed by atoms with E-state index >= 15 is 0 Å². The van der Waals surface area contributed by atoms with Gasteiger partial charge in [-0.2, -0.15) is 0 Å². The van der Waals surface area contributed by atoms with Crippen molar-refractivity contribution in [3.05, 3.63) is 69.2 Å². The van der Waals surface area contributed by atoms with E-state index in [9.17, 15) is 10.0 Å². The molecular formula is C16H15ClN3O3-. The van der Waals surface area contributed by atoms with Crippen LogP contribution < -0.4 is 10.8 Å². The first-order valence-electron chi connectivity index (χ1n) is 7.11. The summed E-state index contributed by atoms with van der Waals surface area (Å²) >= 11 is 5.94. The van der Waals surface area contributed by atoms with Gasteiger partial charge in [-0.1, -0.05) is 24.3 Å². The Kier molecular flexibility index (Phi) is 4.38. The maximum Gasteiger partial charge on any atom is 0.272 e. The molecule has 0 amide bonds. The lowest BCUT2D eigenvalue weighted by Gasteiger charge is -2.21. The van der Waals surface area contributed by atoms with E-state index in [0.717, 1.165) is 17.5 Å². The first kappa shape index (κ1) is 15.6. The van der Waals surface area contributed by atoms with E-state index in [1.807, 2.05) is 24.3 Å². The molecule has 1 heterocycles. The van der Waals surface area contributed by atoms with E-state index in [2.05, 4.69) is 5.10 Å². The van der Waals surface area contributed by atoms with Crippen molar-refractivity contribution in [1.82, 2.24) is 9.78 Å². The Morgan fingerprint density at radius 2 is 1.96 bits per heavy atom. The summed E-state index contributed by atoms with van der Waals surface area (Å²) in [6.07, 6.45) is 0.720. The van der Waals surface area contributed by atoms with Gasteiger partial charge in [-0.15, -0.1) is 11.6 Å². The van der Waals surface area contributed by atoms with Gasteiger partial charge in [0.1, 0.15) is 0 Å². The van der Waals surface area contributed by atoms with Crippen molar-refractivity contribution in [3.63, 3.8) is 0 Å². The molecule has 0 saturated carbocycles. The number of H-pyrrole nitrogens is 1. The largest absolute Gasteiger partial charge is 0.733 e. The second-order valence-electron chi connectivity index (χ2n) is 5.22. The maximum absolute atomic E-state index is 12.0. The molecule has 3 aromatic rings. The van der Waals surface area contributed by atoms with Crippen LogP contribution in [0, 0.1) is 5.21 Å². The Labute approximate surface area is 137 Å². The predicted octanol–water partition coefficient (Wildman–Crippen LogP) is 3.00. The van der Waals surface area contributed by atoms with Crippen LogP contribution in [-0.2, 0) is 18.8 Å². The van der Waals surface area contributed by atoms with Gasteiger partial charge in [-0.25, -0.2) is 0 Å². The van der Waals surface area contributed by atoms with E-state index in [0.29, 0.717) is 23.3 Å². The molecule has 6 nitrogen and oxygen atoms in total. The van der Waals surface area contributed by atoms with E-state index in [1.165, 1.54) is 12.1 Å². The number of rotatable bonds is 5. The summed E-state index contributed by atoms with van der Waals surface area (Å²) in [6.45, 7) is 0.576. The third-order valence-corrected chi connectivity index (χ3v) is 4.13. The van der Waals surface area contributed by atoms with Crippen LogP contribution in [0.25, 0.3) is 10.9 Å². The first-order valence-corrected chi connectivity index (χ1v) is 7.65. The first-order chi connectivity index (χ1) is 11.1. The van der Waals surface area contributed by atoms with Gasteiger partial charge in [0, 0.05) is 12.4 Å². The van der Waals surface area contributed by atoms with Crippen LogP contribution in [0.5, 0.6) is 0 Å². The number of benzene rings is 2. The van der Waals surface area contributed by atoms with Gasteiger partial charge in [-0.3, -0.25) is 19.8 Å². The van der Waals surface area contributed by atoms with Crippen LogP contribution in [0.1, 0.15) is 11.1 Å². The highest BCUT2D eigenvalue weighted by molar-refractivity contribution is 6.17. The number of aromatic amines is 1. The highest BCUT2D eigenvalue weighted by Gasteiger charge is 2.09. The number of fused-ring (bicyclic) bond motifs is 1. The van der Waals surface area contributed by atoms with E-state index in [-0.39, 0.29) is 16.5 Å². The zero-order valence-electron chi connectivity index (χ0n) is 12.2. The number of aromatic nitrogens is 2. The second-order valence-corrected chi connectivity index (χ2v) is 5.49. The minimum Gasteiger partial charge on any atom is -0.733 e. The number of hydrogen-bond donors (Lipinski definition) is 2. The maximum atomic E-state index is 12.0. The molecule has 7 heteroatoms. The smallest absolute Gasteiger partial charge is 0.272 e. The van der Waals surface area contributed by atoms with Crippen LogP contribution in [0.15, 0.2) is 47.3 Å². The molecule has 0 fully saturated rings. The average Bonchev–Trinajstić information content (AvgIpc) is 2.89. The topological polar surface area (TPSA) is 84.3 Å². The summed E-state index contributed by atoms with van der Waals surface area (Å²) in [6, 6.07) is 12.4. The molecule has 120 valence electrons. The number of nitrogens with zero attached hydrogens (tertiary/aromatic N) is 2. The Balaban J connectivity index is 1.90. The van der Waals surface area contributed by atoms with Crippen LogP contribution in [0.4, 0.5) is 5.69 Å². The fraction of sp³-hybridized carbons (Fsp3) is 0.188. The molecule has 0 saturated heterocycles. The van der Waals surface area contributed by atoms with Crippen molar-refractivity contribution in [2.45, 2.75) is 18.8 Å². The van der Waals surface area contributed by atoms with Crippen molar-refractivity contribution in [1.29, 1.82) is 0 Å². The number of anilines is 1. The summed E-state index contributed by atoms with van der Waals surface area (Å²) in [5.74, 6) is 0.443. The summed E-state index contributed by atoms with van der Waals surface area (Å²) in [5, 5.41) is 22.7. The summed E-state index contributed by atoms with van der Waals surface area (Å²) in [5.41, 5.74) is 2.60. The van der Waals surface area contributed by atoms with E-state index < -0.39 is 0 Å². The van der Waals surface area contributed by atoms with Gasteiger partial charge in [0.25, 0.3) is 5.56 Å². The van der Waals surface area contributed by atoms with Gasteiger partial charge in [0.15, 0.2) is 0 Å². The fourth-order valence-corrected chi connectivity index (χ4v) is 2.90. The molecule has 0 aliphatic carbocycles. The summed E-state index contributed by atoms with van der Waals surface area (Å²) < 4.78 is 1.74. The van der Waals surface area contributed by atoms with Crippen molar-refractivity contribution < 1.29 is 5.21 Å². The van der Waals surface area contributed by atoms with Crippen molar-refractivity contribution in [2.24, 2.45) is 0 Å². The van der Waals surface area contributed by atoms with Gasteiger partial charge >= 0.3 is 0 Å². The monoisotopic (exact) mass is 332 g/mol. The SMILES string of the molecule is O=c1[nH]n(CCc2ccccc2CCl)c2ccc(N([O-])O)cc12. The third kappa shape index (κ3) is 3.10. The lowest BCUT2D eigenvalue weighted by molar-refractivity contribution is 0.296. The molecule has 0 bridgehead atoms. The van der Waals surface area contributed by atoms with Crippen molar-refractivity contribution in [3.8, 4) is 0 Å². The molecule has 2 N–H and O–H groups in total. The third-order valence-electron chi connectivity index (χ3n) is 3.84. The van der Waals surface area contributed by atoms with E-state index in [4.69, 9.17) is 16.8 Å². The molecule has 3 rings (SSSR count). The molecule has 0 radical (unpaired) electrons. The second kappa shape index (κ2) is 6.45. The highest BCUT2D eigenvalue weighted by atomic mass is 35.5. The zero-order chi connectivity index (χ0) is 16.4. The number of alkyl halides is 1. The lowest BCUT2D eigenvalue weighted by Crippen LogP contribution is -2.08. The normalized spacial score (nSPS) is 11.1. The molecule has 2 aromatic carbocycles. The number of halogens is 1. The average molecular weight is 333 g/mol. The zero-order valence-corrected chi connectivity index (χ0v) is 13.0. The van der Waals surface area contributed by atoms with Gasteiger partial charge in [0.05, 0.1) is 16.6 Å². The van der Waals surface area contributed by atoms with Crippen LogP contribution in [0.3, 0.4) is 0 Å². The standard InChI is InChI=1S/C16H15ClN3O3/c17-10-12-4-2-1-3-11(12)7-8-19-15-6-5-13(20(22)23)9-14(15)16(21)18-19/h1-6,9,22H,7-8,10H2,(H,18,21)/q-1. The van der Waals surface area contributed by atoms with Gasteiger partial charge in [-0.05, 0) is 35.7 Å². The van der Waals surface area contributed by atoms with Gasteiger partial charge in [0.2, 0.25) is 0 Å². The summed E-state index contributed by atoms with van der Waals surface area (Å²) in [4.78, 5) is 12.0. The molecule has 0 aliphatic rings. The number of aryl methyl sites for hydroxylation is 2. The molecule has 0 unspecified atom stereocenters. The minimum absolute atomic E-state index is 0.0215. The van der Waals surface area contributed by atoms with Crippen molar-refractivity contribution >= 4 is 28.2 Å². The molecule has 1 aromatic heterocycles. The van der Waals surface area contributed by atoms with Crippen LogP contribution in [-0.4, -0.2) is 15.0 Å². The molecule has 0 spiro atoms. The quantitative estimate of drug-likeness (QED) is 0.555. The predicted molar refractivity (Wildman–Crippen MR) is 89.9 cm³/mol. The number of hydrogen-bond acceptors (Lipinski definition) is 4.